The summed E-state index contributed by atoms with van der Waals surface area (Å²) in [7, 11) is 0. The van der Waals surface area contributed by atoms with Crippen LogP contribution in [0.5, 0.6) is 11.5 Å². The van der Waals surface area contributed by atoms with Crippen molar-refractivity contribution in [3.05, 3.63) is 157 Å². The Hall–Kier alpha value is -5.60. The molecule has 0 radical (unpaired) electrons. The summed E-state index contributed by atoms with van der Waals surface area (Å²) >= 11 is 0. The van der Waals surface area contributed by atoms with Crippen LogP contribution in [0.4, 0.5) is 0 Å². The van der Waals surface area contributed by atoms with E-state index in [-0.39, 0.29) is 5.41 Å². The van der Waals surface area contributed by atoms with E-state index in [4.69, 9.17) is 9.15 Å². The van der Waals surface area contributed by atoms with E-state index in [0.29, 0.717) is 0 Å². The Morgan fingerprint density at radius 1 is 0.378 bits per heavy atom. The lowest BCUT2D eigenvalue weighted by molar-refractivity contribution is 0.418. The molecule has 0 saturated heterocycles. The fourth-order valence-corrected chi connectivity index (χ4v) is 7.17. The lowest BCUT2D eigenvalue weighted by Gasteiger charge is -2.34. The van der Waals surface area contributed by atoms with Gasteiger partial charge in [-0.2, -0.15) is 0 Å². The zero-order chi connectivity index (χ0) is 30.1. The number of para-hydroxylation sites is 1. The summed E-state index contributed by atoms with van der Waals surface area (Å²) in [5.74, 6) is 3.47. The molecule has 2 nitrogen and oxygen atoms in total. The molecule has 2 heterocycles. The summed E-state index contributed by atoms with van der Waals surface area (Å²) in [6.07, 6.45) is 0. The topological polar surface area (TPSA) is 22.4 Å². The Kier molecular flexibility index (Phi) is 5.58. The lowest BCUT2D eigenvalue weighted by Crippen LogP contribution is -2.24. The quantitative estimate of drug-likeness (QED) is 0.195. The normalized spacial score (nSPS) is 13.5. The molecule has 0 aliphatic carbocycles. The first kappa shape index (κ1) is 25.9. The molecule has 0 N–H and O–H groups in total. The highest BCUT2D eigenvalue weighted by molar-refractivity contribution is 6.25. The molecule has 1 aliphatic rings. The predicted octanol–water partition coefficient (Wildman–Crippen LogP) is 12.2. The van der Waals surface area contributed by atoms with Gasteiger partial charge in [-0.15, -0.1) is 0 Å². The van der Waals surface area contributed by atoms with Gasteiger partial charge in [-0.3, -0.25) is 0 Å². The second kappa shape index (κ2) is 9.70. The van der Waals surface area contributed by atoms with Crippen LogP contribution in [0, 0.1) is 0 Å². The van der Waals surface area contributed by atoms with Crippen LogP contribution in [0.3, 0.4) is 0 Å². The highest BCUT2D eigenvalue weighted by atomic mass is 16.5. The van der Waals surface area contributed by atoms with Crippen LogP contribution in [0.25, 0.3) is 66.1 Å². The molecule has 0 unspecified atom stereocenters. The molecule has 2 heteroatoms. The summed E-state index contributed by atoms with van der Waals surface area (Å²) < 4.78 is 12.8. The van der Waals surface area contributed by atoms with E-state index in [0.717, 1.165) is 34.1 Å². The SMILES string of the molecule is CC1(C)c2ccccc2Oc2cc(-c3ccc(-c4ccc(-c5ccc6c7ccccc7c7ccccc7c6c5)cc4)o3)ccc21. The standard InChI is InChI=1S/C43H30O2/c1-43(2)37-13-7-8-14-41(37)45-42-26-30(20-22-38(42)43)40-24-23-39(44-40)28-17-15-27(16-18-28)29-19-21-35-33-11-4-3-9-31(33)32-10-5-6-12-34(32)36(35)25-29/h3-26H,1-2H3. The fourth-order valence-electron chi connectivity index (χ4n) is 7.17. The van der Waals surface area contributed by atoms with E-state index in [1.54, 1.807) is 0 Å². The van der Waals surface area contributed by atoms with Crippen LogP contribution >= 0.6 is 0 Å². The van der Waals surface area contributed by atoms with Gasteiger partial charge < -0.3 is 9.15 Å². The van der Waals surface area contributed by atoms with Gasteiger partial charge in [-0.1, -0.05) is 129 Å². The maximum absolute atomic E-state index is 6.40. The van der Waals surface area contributed by atoms with Crippen molar-refractivity contribution >= 4 is 32.3 Å². The van der Waals surface area contributed by atoms with E-state index >= 15 is 0 Å². The number of rotatable bonds is 3. The third-order valence-electron chi connectivity index (χ3n) is 9.57. The average molecular weight is 579 g/mol. The molecule has 0 saturated carbocycles. The van der Waals surface area contributed by atoms with E-state index < -0.39 is 0 Å². The van der Waals surface area contributed by atoms with Crippen LogP contribution in [0.1, 0.15) is 25.0 Å². The van der Waals surface area contributed by atoms with Crippen molar-refractivity contribution in [2.45, 2.75) is 19.3 Å². The van der Waals surface area contributed by atoms with Crippen molar-refractivity contribution in [1.82, 2.24) is 0 Å². The maximum Gasteiger partial charge on any atom is 0.134 e. The predicted molar refractivity (Wildman–Crippen MR) is 186 cm³/mol. The molecule has 0 fully saturated rings. The molecule has 0 spiro atoms. The molecule has 1 aromatic heterocycles. The third kappa shape index (κ3) is 4.03. The maximum atomic E-state index is 6.40. The Morgan fingerprint density at radius 3 is 1.60 bits per heavy atom. The van der Waals surface area contributed by atoms with Gasteiger partial charge in [0.05, 0.1) is 0 Å². The van der Waals surface area contributed by atoms with Gasteiger partial charge in [0.1, 0.15) is 23.0 Å². The third-order valence-corrected chi connectivity index (χ3v) is 9.57. The number of ether oxygens (including phenoxy) is 1. The molecular formula is C43H30O2. The van der Waals surface area contributed by atoms with Crippen molar-refractivity contribution in [2.75, 3.05) is 0 Å². The molecule has 7 aromatic carbocycles. The molecule has 0 atom stereocenters. The molecule has 1 aliphatic heterocycles. The Bertz CT molecular complexity index is 2390. The zero-order valence-corrected chi connectivity index (χ0v) is 25.2. The number of hydrogen-bond donors (Lipinski definition) is 0. The number of fused-ring (bicyclic) bond motifs is 8. The monoisotopic (exact) mass is 578 g/mol. The Morgan fingerprint density at radius 2 is 0.889 bits per heavy atom. The van der Waals surface area contributed by atoms with Gasteiger partial charge in [0.2, 0.25) is 0 Å². The van der Waals surface area contributed by atoms with Crippen molar-refractivity contribution < 1.29 is 9.15 Å². The first-order chi connectivity index (χ1) is 22.0. The van der Waals surface area contributed by atoms with E-state index in [9.17, 15) is 0 Å². The molecule has 9 rings (SSSR count). The number of hydrogen-bond acceptors (Lipinski definition) is 2. The highest BCUT2D eigenvalue weighted by Gasteiger charge is 2.34. The zero-order valence-electron chi connectivity index (χ0n) is 25.2. The van der Waals surface area contributed by atoms with Crippen molar-refractivity contribution in [1.29, 1.82) is 0 Å². The largest absolute Gasteiger partial charge is 0.457 e. The van der Waals surface area contributed by atoms with Crippen LogP contribution < -0.4 is 4.74 Å². The summed E-state index contributed by atoms with van der Waals surface area (Å²) in [5.41, 5.74) is 6.69. The number of benzene rings is 7. The van der Waals surface area contributed by atoms with Crippen LogP contribution in [-0.4, -0.2) is 0 Å². The summed E-state index contributed by atoms with van der Waals surface area (Å²) in [6.45, 7) is 4.51. The molecular weight excluding hydrogens is 548 g/mol. The summed E-state index contributed by atoms with van der Waals surface area (Å²) in [6, 6.07) is 51.8. The van der Waals surface area contributed by atoms with Crippen LogP contribution in [-0.2, 0) is 5.41 Å². The van der Waals surface area contributed by atoms with E-state index in [1.807, 2.05) is 18.2 Å². The average Bonchev–Trinajstić information content (AvgIpc) is 3.59. The molecule has 214 valence electrons. The lowest BCUT2D eigenvalue weighted by atomic mass is 9.75. The van der Waals surface area contributed by atoms with Crippen molar-refractivity contribution in [2.24, 2.45) is 0 Å². The van der Waals surface area contributed by atoms with Crippen LogP contribution in [0.2, 0.25) is 0 Å². The van der Waals surface area contributed by atoms with Crippen molar-refractivity contribution in [3.8, 4) is 45.3 Å². The minimum Gasteiger partial charge on any atom is -0.457 e. The minimum absolute atomic E-state index is 0.134. The fraction of sp³-hybridized carbons (Fsp3) is 0.0698. The van der Waals surface area contributed by atoms with E-state index in [1.165, 1.54) is 54.6 Å². The van der Waals surface area contributed by atoms with Crippen molar-refractivity contribution in [3.63, 3.8) is 0 Å². The van der Waals surface area contributed by atoms with E-state index in [2.05, 4.69) is 141 Å². The van der Waals surface area contributed by atoms with Gasteiger partial charge >= 0.3 is 0 Å². The van der Waals surface area contributed by atoms with Gasteiger partial charge in [-0.05, 0) is 73.8 Å². The van der Waals surface area contributed by atoms with Gasteiger partial charge in [0.15, 0.2) is 0 Å². The van der Waals surface area contributed by atoms with Gasteiger partial charge in [0, 0.05) is 27.7 Å². The molecule has 45 heavy (non-hydrogen) atoms. The van der Waals surface area contributed by atoms with Crippen LogP contribution in [0.15, 0.2) is 150 Å². The minimum atomic E-state index is -0.134. The summed E-state index contributed by atoms with van der Waals surface area (Å²) in [4.78, 5) is 0. The summed E-state index contributed by atoms with van der Waals surface area (Å²) in [5, 5.41) is 7.73. The molecule has 0 amide bonds. The second-order valence-corrected chi connectivity index (χ2v) is 12.5. The Labute approximate surface area is 262 Å². The first-order valence-corrected chi connectivity index (χ1v) is 15.5. The first-order valence-electron chi connectivity index (χ1n) is 15.5. The smallest absolute Gasteiger partial charge is 0.134 e. The highest BCUT2D eigenvalue weighted by Crippen LogP contribution is 2.49. The molecule has 0 bridgehead atoms. The Balaban J connectivity index is 1.04. The number of furan rings is 1. The second-order valence-electron chi connectivity index (χ2n) is 12.5. The van der Waals surface area contributed by atoms with Gasteiger partial charge in [-0.25, -0.2) is 0 Å². The van der Waals surface area contributed by atoms with Gasteiger partial charge in [0.25, 0.3) is 0 Å². The molecule has 8 aromatic rings.